The number of furan rings is 1. The largest absolute Gasteiger partial charge is 0.454 e. The molecule has 0 aliphatic carbocycles. The molecule has 6 heteroatoms. The molecule has 0 saturated heterocycles. The minimum absolute atomic E-state index is 0.222. The maximum atomic E-state index is 12.7. The second-order valence-corrected chi connectivity index (χ2v) is 11.1. The van der Waals surface area contributed by atoms with E-state index in [9.17, 15) is 4.79 Å². The molecule has 0 fully saturated rings. The van der Waals surface area contributed by atoms with Crippen LogP contribution in [0.1, 0.15) is 50.7 Å². The second-order valence-electron chi connectivity index (χ2n) is 11.1. The highest BCUT2D eigenvalue weighted by molar-refractivity contribution is 6.02. The number of imidazole rings is 1. The Morgan fingerprint density at radius 3 is 2.27 bits per heavy atom. The lowest BCUT2D eigenvalue weighted by Crippen LogP contribution is -2.08. The molecule has 0 bridgehead atoms. The molecule has 7 aromatic rings. The van der Waals surface area contributed by atoms with Crippen LogP contribution >= 0.6 is 0 Å². The van der Waals surface area contributed by atoms with Crippen molar-refractivity contribution >= 4 is 32.8 Å². The zero-order valence-electron chi connectivity index (χ0n) is 23.5. The summed E-state index contributed by atoms with van der Waals surface area (Å²) >= 11 is 0. The van der Waals surface area contributed by atoms with Crippen LogP contribution in [0.4, 0.5) is 0 Å². The van der Waals surface area contributed by atoms with Crippen molar-refractivity contribution in [3.63, 3.8) is 0 Å². The van der Waals surface area contributed by atoms with Gasteiger partial charge < -0.3 is 9.40 Å². The molecule has 0 saturated carbocycles. The quantitative estimate of drug-likeness (QED) is 0.238. The molecule has 0 spiro atoms. The van der Waals surface area contributed by atoms with Crippen molar-refractivity contribution in [3.05, 3.63) is 113 Å². The van der Waals surface area contributed by atoms with Crippen molar-refractivity contribution in [3.8, 4) is 28.5 Å². The summed E-state index contributed by atoms with van der Waals surface area (Å²) in [6.45, 7) is 8.93. The summed E-state index contributed by atoms with van der Waals surface area (Å²) < 4.78 is 8.16. The maximum absolute atomic E-state index is 12.7. The first-order valence-electron chi connectivity index (χ1n) is 14.0. The first-order valence-corrected chi connectivity index (χ1v) is 14.0. The van der Waals surface area contributed by atoms with E-state index in [1.54, 1.807) is 12.3 Å². The minimum atomic E-state index is -0.222. The summed E-state index contributed by atoms with van der Waals surface area (Å²) in [5.41, 5.74) is 7.53. The Morgan fingerprint density at radius 2 is 1.49 bits per heavy atom. The highest BCUT2D eigenvalue weighted by Crippen LogP contribution is 2.38. The summed E-state index contributed by atoms with van der Waals surface area (Å²) in [4.78, 5) is 25.6. The Hall–Kier alpha value is -4.97. The third-order valence-electron chi connectivity index (χ3n) is 7.82. The van der Waals surface area contributed by atoms with Gasteiger partial charge in [0.25, 0.3) is 5.56 Å². The van der Waals surface area contributed by atoms with Gasteiger partial charge in [-0.3, -0.25) is 9.36 Å². The summed E-state index contributed by atoms with van der Waals surface area (Å²) in [5.74, 6) is 1.48. The van der Waals surface area contributed by atoms with Crippen LogP contribution in [0.15, 0.2) is 100 Å². The van der Waals surface area contributed by atoms with E-state index in [4.69, 9.17) is 14.4 Å². The number of hydrogen-bond donors (Lipinski definition) is 1. The highest BCUT2D eigenvalue weighted by atomic mass is 16.3. The first-order chi connectivity index (χ1) is 19.9. The fraction of sp³-hybridized carbons (Fsp3) is 0.171. The number of nitrogens with zero attached hydrogens (tertiary/aromatic N) is 3. The lowest BCUT2D eigenvalue weighted by atomic mass is 9.92. The number of H-pyrrole nitrogens is 1. The third-order valence-corrected chi connectivity index (χ3v) is 7.82. The van der Waals surface area contributed by atoms with Crippen molar-refractivity contribution in [2.45, 2.75) is 39.5 Å². The van der Waals surface area contributed by atoms with Crippen LogP contribution in [0.3, 0.4) is 0 Å². The number of hydrogen-bond acceptors (Lipinski definition) is 4. The van der Waals surface area contributed by atoms with Crippen LogP contribution in [0, 0.1) is 0 Å². The first kappa shape index (κ1) is 25.0. The zero-order valence-corrected chi connectivity index (χ0v) is 23.5. The maximum Gasteiger partial charge on any atom is 0.261 e. The van der Waals surface area contributed by atoms with Crippen LogP contribution in [0.25, 0.3) is 61.3 Å². The van der Waals surface area contributed by atoms with Crippen LogP contribution in [0.2, 0.25) is 0 Å². The Balaban J connectivity index is 1.55. The summed E-state index contributed by atoms with van der Waals surface area (Å²) in [5, 5.41) is 2.74. The van der Waals surface area contributed by atoms with Crippen molar-refractivity contribution in [1.29, 1.82) is 0 Å². The van der Waals surface area contributed by atoms with Gasteiger partial charge >= 0.3 is 0 Å². The average Bonchev–Trinajstić information content (AvgIpc) is 3.58. The number of benzene rings is 3. The molecule has 4 heterocycles. The summed E-state index contributed by atoms with van der Waals surface area (Å²) in [6.07, 6.45) is 3.68. The molecule has 4 aromatic heterocycles. The van der Waals surface area contributed by atoms with Gasteiger partial charge in [-0.2, -0.15) is 0 Å². The van der Waals surface area contributed by atoms with E-state index >= 15 is 0 Å². The molecule has 0 atom stereocenters. The normalized spacial score (nSPS) is 12.0. The molecule has 3 aromatic carbocycles. The molecule has 0 radical (unpaired) electrons. The minimum Gasteiger partial charge on any atom is -0.454 e. The van der Waals surface area contributed by atoms with E-state index in [2.05, 4.69) is 104 Å². The van der Waals surface area contributed by atoms with Gasteiger partial charge in [0, 0.05) is 18.0 Å². The molecule has 0 unspecified atom stereocenters. The fourth-order valence-electron chi connectivity index (χ4n) is 5.81. The monoisotopic (exact) mass is 538 g/mol. The van der Waals surface area contributed by atoms with E-state index in [1.165, 1.54) is 11.1 Å². The molecule has 0 aliphatic rings. The van der Waals surface area contributed by atoms with Crippen LogP contribution in [-0.2, 0) is 0 Å². The smallest absolute Gasteiger partial charge is 0.261 e. The lowest BCUT2D eigenvalue weighted by Gasteiger charge is -2.22. The topological polar surface area (TPSA) is 76.7 Å². The van der Waals surface area contributed by atoms with Crippen molar-refractivity contribution in [1.82, 2.24) is 19.5 Å². The van der Waals surface area contributed by atoms with Crippen molar-refractivity contribution in [2.24, 2.45) is 0 Å². The molecule has 41 heavy (non-hydrogen) atoms. The highest BCUT2D eigenvalue weighted by Gasteiger charge is 2.23. The molecule has 0 amide bonds. The number of para-hydroxylation sites is 1. The van der Waals surface area contributed by atoms with Gasteiger partial charge in [-0.15, -0.1) is 0 Å². The van der Waals surface area contributed by atoms with Gasteiger partial charge in [0.2, 0.25) is 0 Å². The predicted molar refractivity (Wildman–Crippen MR) is 166 cm³/mol. The SMILES string of the molecule is CC(C)c1cccc(C(C)C)c1-n1cc(-c2ccc3oc4cc[nH]c(=O)c4c3n2)nc1-c1cccc2ccccc12. The van der Waals surface area contributed by atoms with Crippen LogP contribution in [0.5, 0.6) is 0 Å². The molecule has 1 N–H and O–H groups in total. The molecule has 7 rings (SSSR count). The fourth-order valence-corrected chi connectivity index (χ4v) is 5.81. The average molecular weight is 539 g/mol. The van der Waals surface area contributed by atoms with E-state index < -0.39 is 0 Å². The molecule has 6 nitrogen and oxygen atoms in total. The number of aromatic amines is 1. The number of pyridine rings is 2. The van der Waals surface area contributed by atoms with Crippen molar-refractivity contribution < 1.29 is 4.42 Å². The van der Waals surface area contributed by atoms with Gasteiger partial charge in [0.1, 0.15) is 28.0 Å². The van der Waals surface area contributed by atoms with Gasteiger partial charge in [-0.1, -0.05) is 88.4 Å². The Morgan fingerprint density at radius 1 is 0.756 bits per heavy atom. The van der Waals surface area contributed by atoms with Crippen molar-refractivity contribution in [2.75, 3.05) is 0 Å². The van der Waals surface area contributed by atoms with Crippen LogP contribution < -0.4 is 5.56 Å². The summed E-state index contributed by atoms with van der Waals surface area (Å²) in [7, 11) is 0. The molecule has 202 valence electrons. The van der Waals surface area contributed by atoms with E-state index in [-0.39, 0.29) is 5.56 Å². The lowest BCUT2D eigenvalue weighted by molar-refractivity contribution is 0.667. The van der Waals surface area contributed by atoms with E-state index in [0.717, 1.165) is 33.5 Å². The number of rotatable bonds is 5. The zero-order chi connectivity index (χ0) is 28.2. The van der Waals surface area contributed by atoms with Gasteiger partial charge in [0.15, 0.2) is 5.58 Å². The molecular weight excluding hydrogens is 508 g/mol. The van der Waals surface area contributed by atoms with Gasteiger partial charge in [0.05, 0.1) is 11.4 Å². The van der Waals surface area contributed by atoms with Gasteiger partial charge in [-0.05, 0) is 51.9 Å². The van der Waals surface area contributed by atoms with E-state index in [0.29, 0.717) is 39.6 Å². The Kier molecular flexibility index (Phi) is 5.86. The predicted octanol–water partition coefficient (Wildman–Crippen LogP) is 8.59. The molecular formula is C35H30N4O2. The summed E-state index contributed by atoms with van der Waals surface area (Å²) in [6, 6.07) is 26.9. The van der Waals surface area contributed by atoms with Gasteiger partial charge in [-0.25, -0.2) is 9.97 Å². The van der Waals surface area contributed by atoms with E-state index in [1.807, 2.05) is 12.1 Å². The molecule has 0 aliphatic heterocycles. The number of nitrogens with one attached hydrogen (secondary N) is 1. The Labute approximate surface area is 237 Å². The second kappa shape index (κ2) is 9.59. The standard InChI is InChI=1S/C35H30N4O2/c1-20(2)23-12-8-13-24(21(3)4)33(23)39-19-28(38-34(39)26-14-7-10-22-9-5-6-11-25(22)26)27-15-16-30-32(37-27)31-29(41-30)17-18-36-35(31)40/h5-21H,1-4H3,(H,36,40). The van der Waals surface area contributed by atoms with Crippen LogP contribution in [-0.4, -0.2) is 19.5 Å². The Bertz CT molecular complexity index is 2110. The number of fused-ring (bicyclic) bond motifs is 4. The number of aromatic nitrogens is 4. The third kappa shape index (κ3) is 4.06.